The Labute approximate surface area is 113 Å². The highest BCUT2D eigenvalue weighted by Crippen LogP contribution is 2.11. The Kier molecular flexibility index (Phi) is 7.11. The monoisotopic (exact) mass is 277 g/mol. The number of nitrogens with zero attached hydrogens (tertiary/aromatic N) is 1. The Morgan fingerprint density at radius 2 is 2.29 bits per heavy atom. The summed E-state index contributed by atoms with van der Waals surface area (Å²) in [5.41, 5.74) is 1.73. The molecule has 2 heterocycles. The van der Waals surface area contributed by atoms with Crippen molar-refractivity contribution in [2.75, 3.05) is 11.9 Å². The Morgan fingerprint density at radius 1 is 1.53 bits per heavy atom. The Balaban J connectivity index is 0.00000128. The van der Waals surface area contributed by atoms with Gasteiger partial charge in [0.15, 0.2) is 0 Å². The summed E-state index contributed by atoms with van der Waals surface area (Å²) in [4.78, 5) is 15.8. The van der Waals surface area contributed by atoms with Gasteiger partial charge in [-0.1, -0.05) is 0 Å². The highest BCUT2D eigenvalue weighted by molar-refractivity contribution is 5.94. The number of aryl methyl sites for hydroxylation is 1. The van der Waals surface area contributed by atoms with Gasteiger partial charge in [0.05, 0.1) is 6.04 Å². The third-order valence-corrected chi connectivity index (χ3v) is 2.54. The Bertz CT molecular complexity index is 367. The molecule has 1 aliphatic heterocycles. The van der Waals surface area contributed by atoms with Crippen LogP contribution in [-0.4, -0.2) is 23.5 Å². The summed E-state index contributed by atoms with van der Waals surface area (Å²) in [6.07, 6.45) is 3.70. The first kappa shape index (κ1) is 16.2. The number of pyridine rings is 1. The van der Waals surface area contributed by atoms with Gasteiger partial charge in [-0.3, -0.25) is 9.78 Å². The lowest BCUT2D eigenvalue weighted by atomic mass is 10.2. The molecule has 17 heavy (non-hydrogen) atoms. The molecule has 0 aromatic carbocycles. The SMILES string of the molecule is Cc1cc(NC(=O)C2CCCN2)ccn1.Cl.Cl. The van der Waals surface area contributed by atoms with Gasteiger partial charge in [-0.15, -0.1) is 24.8 Å². The van der Waals surface area contributed by atoms with Gasteiger partial charge in [-0.05, 0) is 38.4 Å². The van der Waals surface area contributed by atoms with Crippen molar-refractivity contribution in [2.24, 2.45) is 0 Å². The summed E-state index contributed by atoms with van der Waals surface area (Å²) >= 11 is 0. The van der Waals surface area contributed by atoms with Gasteiger partial charge in [0.2, 0.25) is 5.91 Å². The summed E-state index contributed by atoms with van der Waals surface area (Å²) in [6.45, 7) is 2.84. The van der Waals surface area contributed by atoms with E-state index in [1.165, 1.54) is 0 Å². The minimum absolute atomic E-state index is 0. The minimum Gasteiger partial charge on any atom is -0.325 e. The highest BCUT2D eigenvalue weighted by atomic mass is 35.5. The van der Waals surface area contributed by atoms with Crippen molar-refractivity contribution in [3.63, 3.8) is 0 Å². The van der Waals surface area contributed by atoms with Crippen LogP contribution in [0.25, 0.3) is 0 Å². The van der Waals surface area contributed by atoms with E-state index in [4.69, 9.17) is 0 Å². The standard InChI is InChI=1S/C11H15N3O.2ClH/c1-8-7-9(4-6-12-8)14-11(15)10-3-2-5-13-10;;/h4,6-7,10,13H,2-3,5H2,1H3,(H,12,14,15);2*1H. The zero-order valence-electron chi connectivity index (χ0n) is 9.60. The number of amides is 1. The number of hydrogen-bond donors (Lipinski definition) is 2. The van der Waals surface area contributed by atoms with Crippen molar-refractivity contribution < 1.29 is 4.79 Å². The van der Waals surface area contributed by atoms with E-state index in [2.05, 4.69) is 15.6 Å². The van der Waals surface area contributed by atoms with Crippen LogP contribution in [0.2, 0.25) is 0 Å². The van der Waals surface area contributed by atoms with E-state index in [1.54, 1.807) is 12.3 Å². The third-order valence-electron chi connectivity index (χ3n) is 2.54. The number of anilines is 1. The van der Waals surface area contributed by atoms with Gasteiger partial charge in [0.1, 0.15) is 0 Å². The van der Waals surface area contributed by atoms with Crippen LogP contribution in [0.4, 0.5) is 5.69 Å². The Morgan fingerprint density at radius 3 is 2.88 bits per heavy atom. The van der Waals surface area contributed by atoms with Crippen molar-refractivity contribution >= 4 is 36.4 Å². The normalized spacial score (nSPS) is 17.8. The number of rotatable bonds is 2. The number of hydrogen-bond acceptors (Lipinski definition) is 3. The number of carbonyl (C=O) groups is 1. The molecule has 1 saturated heterocycles. The Hall–Kier alpha value is -0.840. The molecule has 1 amide bonds. The molecular formula is C11H17Cl2N3O. The summed E-state index contributed by atoms with van der Waals surface area (Å²) < 4.78 is 0. The topological polar surface area (TPSA) is 54.0 Å². The molecule has 0 spiro atoms. The zero-order chi connectivity index (χ0) is 10.7. The van der Waals surface area contributed by atoms with Crippen molar-refractivity contribution in [1.82, 2.24) is 10.3 Å². The smallest absolute Gasteiger partial charge is 0.241 e. The van der Waals surface area contributed by atoms with Crippen LogP contribution in [-0.2, 0) is 4.79 Å². The van der Waals surface area contributed by atoms with E-state index in [1.807, 2.05) is 13.0 Å². The summed E-state index contributed by atoms with van der Waals surface area (Å²) in [6, 6.07) is 3.64. The molecule has 1 aromatic rings. The van der Waals surface area contributed by atoms with Gasteiger partial charge < -0.3 is 10.6 Å². The predicted molar refractivity (Wildman–Crippen MR) is 73.1 cm³/mol. The van der Waals surface area contributed by atoms with Gasteiger partial charge in [0, 0.05) is 17.6 Å². The number of carbonyl (C=O) groups excluding carboxylic acids is 1. The van der Waals surface area contributed by atoms with Crippen LogP contribution in [0.1, 0.15) is 18.5 Å². The van der Waals surface area contributed by atoms with Crippen molar-refractivity contribution in [1.29, 1.82) is 0 Å². The van der Waals surface area contributed by atoms with Crippen LogP contribution in [0.5, 0.6) is 0 Å². The van der Waals surface area contributed by atoms with Gasteiger partial charge in [-0.2, -0.15) is 0 Å². The average molecular weight is 278 g/mol. The molecule has 0 aliphatic carbocycles. The summed E-state index contributed by atoms with van der Waals surface area (Å²) in [5, 5.41) is 6.05. The first-order chi connectivity index (χ1) is 7.25. The number of nitrogens with one attached hydrogen (secondary N) is 2. The molecule has 0 radical (unpaired) electrons. The summed E-state index contributed by atoms with van der Waals surface area (Å²) in [5.74, 6) is 0.0538. The molecule has 4 nitrogen and oxygen atoms in total. The third kappa shape index (κ3) is 4.50. The molecule has 1 atom stereocenters. The van der Waals surface area contributed by atoms with Crippen molar-refractivity contribution in [3.05, 3.63) is 24.0 Å². The summed E-state index contributed by atoms with van der Waals surface area (Å²) in [7, 11) is 0. The van der Waals surface area contributed by atoms with Gasteiger partial charge in [0.25, 0.3) is 0 Å². The molecular weight excluding hydrogens is 261 g/mol. The van der Waals surface area contributed by atoms with Crippen LogP contribution in [0, 0.1) is 6.92 Å². The molecule has 96 valence electrons. The first-order valence-electron chi connectivity index (χ1n) is 5.22. The first-order valence-corrected chi connectivity index (χ1v) is 5.22. The largest absolute Gasteiger partial charge is 0.325 e. The van der Waals surface area contributed by atoms with E-state index in [0.717, 1.165) is 30.8 Å². The van der Waals surface area contributed by atoms with Crippen LogP contribution in [0.15, 0.2) is 18.3 Å². The van der Waals surface area contributed by atoms with Crippen molar-refractivity contribution in [3.8, 4) is 0 Å². The maximum absolute atomic E-state index is 11.7. The van der Waals surface area contributed by atoms with Crippen molar-refractivity contribution in [2.45, 2.75) is 25.8 Å². The number of halogens is 2. The molecule has 2 N–H and O–H groups in total. The fourth-order valence-electron chi connectivity index (χ4n) is 1.76. The lowest BCUT2D eigenvalue weighted by molar-refractivity contribution is -0.117. The minimum atomic E-state index is -0.0292. The van der Waals surface area contributed by atoms with E-state index in [0.29, 0.717) is 0 Å². The fourth-order valence-corrected chi connectivity index (χ4v) is 1.76. The maximum Gasteiger partial charge on any atom is 0.241 e. The molecule has 1 aromatic heterocycles. The maximum atomic E-state index is 11.7. The molecule has 1 unspecified atom stereocenters. The van der Waals surface area contributed by atoms with E-state index in [-0.39, 0.29) is 36.8 Å². The zero-order valence-corrected chi connectivity index (χ0v) is 11.2. The fraction of sp³-hybridized carbons (Fsp3) is 0.455. The second-order valence-electron chi connectivity index (χ2n) is 3.82. The second-order valence-corrected chi connectivity index (χ2v) is 3.82. The highest BCUT2D eigenvalue weighted by Gasteiger charge is 2.21. The van der Waals surface area contributed by atoms with Crippen LogP contribution >= 0.6 is 24.8 Å². The molecule has 0 saturated carbocycles. The second kappa shape index (κ2) is 7.48. The van der Waals surface area contributed by atoms with E-state index < -0.39 is 0 Å². The van der Waals surface area contributed by atoms with E-state index >= 15 is 0 Å². The molecule has 2 rings (SSSR count). The van der Waals surface area contributed by atoms with Gasteiger partial charge >= 0.3 is 0 Å². The van der Waals surface area contributed by atoms with E-state index in [9.17, 15) is 4.79 Å². The number of aromatic nitrogens is 1. The van der Waals surface area contributed by atoms with Crippen LogP contribution < -0.4 is 10.6 Å². The lowest BCUT2D eigenvalue weighted by Gasteiger charge is -2.10. The van der Waals surface area contributed by atoms with Gasteiger partial charge in [-0.25, -0.2) is 0 Å². The molecule has 6 heteroatoms. The molecule has 1 aliphatic rings. The van der Waals surface area contributed by atoms with Crippen LogP contribution in [0.3, 0.4) is 0 Å². The molecule has 1 fully saturated rings. The lowest BCUT2D eigenvalue weighted by Crippen LogP contribution is -2.35. The predicted octanol–water partition coefficient (Wildman–Crippen LogP) is 1.92. The average Bonchev–Trinajstić information content (AvgIpc) is 2.70. The molecule has 0 bridgehead atoms. The quantitative estimate of drug-likeness (QED) is 0.869.